The predicted molar refractivity (Wildman–Crippen MR) is 84.1 cm³/mol. The van der Waals surface area contributed by atoms with Gasteiger partial charge in [-0.15, -0.1) is 0 Å². The van der Waals surface area contributed by atoms with Crippen molar-refractivity contribution in [2.24, 2.45) is 0 Å². The normalized spacial score (nSPS) is 10.6. The Morgan fingerprint density at radius 3 is 2.86 bits per heavy atom. The number of hydrogen-bond donors (Lipinski definition) is 1. The van der Waals surface area contributed by atoms with Crippen molar-refractivity contribution in [2.75, 3.05) is 0 Å². The van der Waals surface area contributed by atoms with Crippen molar-refractivity contribution in [3.05, 3.63) is 77.2 Å². The SMILES string of the molecule is Cc1ccc(CNC(=O)c2cccc3ncccc23)cc1F. The average Bonchev–Trinajstić information content (AvgIpc) is 2.55. The Hall–Kier alpha value is -2.75. The molecule has 0 bridgehead atoms. The van der Waals surface area contributed by atoms with Crippen molar-refractivity contribution in [3.8, 4) is 0 Å². The Morgan fingerprint density at radius 2 is 2.05 bits per heavy atom. The van der Waals surface area contributed by atoms with Gasteiger partial charge < -0.3 is 5.32 Å². The molecule has 22 heavy (non-hydrogen) atoms. The number of fused-ring (bicyclic) bond motifs is 1. The lowest BCUT2D eigenvalue weighted by atomic mass is 10.1. The first-order valence-corrected chi connectivity index (χ1v) is 7.02. The van der Waals surface area contributed by atoms with E-state index in [1.807, 2.05) is 18.2 Å². The number of nitrogens with one attached hydrogen (secondary N) is 1. The van der Waals surface area contributed by atoms with Crippen LogP contribution in [0.5, 0.6) is 0 Å². The van der Waals surface area contributed by atoms with Gasteiger partial charge in [0.25, 0.3) is 5.91 Å². The van der Waals surface area contributed by atoms with Gasteiger partial charge in [-0.05, 0) is 42.3 Å². The van der Waals surface area contributed by atoms with Crippen LogP contribution in [0.4, 0.5) is 4.39 Å². The Morgan fingerprint density at radius 1 is 1.18 bits per heavy atom. The van der Waals surface area contributed by atoms with Crippen LogP contribution in [0.1, 0.15) is 21.5 Å². The van der Waals surface area contributed by atoms with Crippen molar-refractivity contribution < 1.29 is 9.18 Å². The summed E-state index contributed by atoms with van der Waals surface area (Å²) in [7, 11) is 0. The van der Waals surface area contributed by atoms with Crippen LogP contribution in [0.25, 0.3) is 10.9 Å². The van der Waals surface area contributed by atoms with Gasteiger partial charge in [0.05, 0.1) is 5.52 Å². The molecular formula is C18H15FN2O. The van der Waals surface area contributed by atoms with Gasteiger partial charge in [0.15, 0.2) is 0 Å². The third kappa shape index (κ3) is 2.81. The molecule has 3 aromatic rings. The van der Waals surface area contributed by atoms with Crippen molar-refractivity contribution >= 4 is 16.8 Å². The second-order valence-electron chi connectivity index (χ2n) is 5.14. The summed E-state index contributed by atoms with van der Waals surface area (Å²) in [6, 6.07) is 14.0. The molecule has 0 saturated carbocycles. The smallest absolute Gasteiger partial charge is 0.252 e. The van der Waals surface area contributed by atoms with Gasteiger partial charge in [-0.3, -0.25) is 9.78 Å². The highest BCUT2D eigenvalue weighted by molar-refractivity contribution is 6.06. The number of hydrogen-bond acceptors (Lipinski definition) is 2. The summed E-state index contributed by atoms with van der Waals surface area (Å²) in [5.74, 6) is -0.458. The molecule has 3 rings (SSSR count). The number of halogens is 1. The zero-order valence-electron chi connectivity index (χ0n) is 12.1. The van der Waals surface area contributed by atoms with E-state index >= 15 is 0 Å². The van der Waals surface area contributed by atoms with Crippen LogP contribution >= 0.6 is 0 Å². The van der Waals surface area contributed by atoms with E-state index in [4.69, 9.17) is 0 Å². The fourth-order valence-electron chi connectivity index (χ4n) is 2.33. The molecule has 2 aromatic carbocycles. The number of nitrogens with zero attached hydrogens (tertiary/aromatic N) is 1. The molecule has 1 heterocycles. The third-order valence-electron chi connectivity index (χ3n) is 3.58. The molecule has 0 unspecified atom stereocenters. The summed E-state index contributed by atoms with van der Waals surface area (Å²) in [5.41, 5.74) is 2.67. The molecule has 110 valence electrons. The van der Waals surface area contributed by atoms with Crippen molar-refractivity contribution in [1.82, 2.24) is 10.3 Å². The van der Waals surface area contributed by atoms with Gasteiger partial charge in [-0.1, -0.05) is 24.3 Å². The number of amides is 1. The highest BCUT2D eigenvalue weighted by Crippen LogP contribution is 2.16. The van der Waals surface area contributed by atoms with Crippen LogP contribution < -0.4 is 5.32 Å². The monoisotopic (exact) mass is 294 g/mol. The van der Waals surface area contributed by atoms with Crippen LogP contribution in [-0.2, 0) is 6.54 Å². The molecule has 0 aliphatic heterocycles. The highest BCUT2D eigenvalue weighted by Gasteiger charge is 2.10. The Kier molecular flexibility index (Phi) is 3.83. The summed E-state index contributed by atoms with van der Waals surface area (Å²) in [6.45, 7) is 1.99. The number of rotatable bonds is 3. The maximum Gasteiger partial charge on any atom is 0.252 e. The van der Waals surface area contributed by atoms with Crippen LogP contribution in [0.3, 0.4) is 0 Å². The highest BCUT2D eigenvalue weighted by atomic mass is 19.1. The van der Waals surface area contributed by atoms with Crippen molar-refractivity contribution in [1.29, 1.82) is 0 Å². The number of benzene rings is 2. The molecule has 3 nitrogen and oxygen atoms in total. The fraction of sp³-hybridized carbons (Fsp3) is 0.111. The molecule has 1 amide bonds. The van der Waals surface area contributed by atoms with Gasteiger partial charge in [0, 0.05) is 23.7 Å². The predicted octanol–water partition coefficient (Wildman–Crippen LogP) is 3.61. The minimum atomic E-state index is -0.263. The van der Waals surface area contributed by atoms with E-state index in [1.54, 1.807) is 37.4 Å². The van der Waals surface area contributed by atoms with Gasteiger partial charge in [0.2, 0.25) is 0 Å². The molecule has 0 spiro atoms. The quantitative estimate of drug-likeness (QED) is 0.801. The molecule has 1 N–H and O–H groups in total. The Balaban J connectivity index is 1.80. The van der Waals surface area contributed by atoms with E-state index in [2.05, 4.69) is 10.3 Å². The lowest BCUT2D eigenvalue weighted by Crippen LogP contribution is -2.23. The Labute approximate surface area is 127 Å². The largest absolute Gasteiger partial charge is 0.348 e. The zero-order valence-corrected chi connectivity index (χ0v) is 12.1. The van der Waals surface area contributed by atoms with Crippen LogP contribution in [0.2, 0.25) is 0 Å². The summed E-state index contributed by atoms with van der Waals surface area (Å²) < 4.78 is 13.5. The number of carbonyl (C=O) groups is 1. The minimum absolute atomic E-state index is 0.195. The maximum atomic E-state index is 13.5. The molecule has 4 heteroatoms. The second kappa shape index (κ2) is 5.93. The first kappa shape index (κ1) is 14.2. The topological polar surface area (TPSA) is 42.0 Å². The molecule has 0 aliphatic carbocycles. The minimum Gasteiger partial charge on any atom is -0.348 e. The van der Waals surface area contributed by atoms with E-state index in [0.717, 1.165) is 16.5 Å². The van der Waals surface area contributed by atoms with Gasteiger partial charge >= 0.3 is 0 Å². The molecule has 1 aromatic heterocycles. The molecule has 0 saturated heterocycles. The Bertz CT molecular complexity index is 840. The van der Waals surface area contributed by atoms with Crippen LogP contribution in [0, 0.1) is 12.7 Å². The molecule has 0 atom stereocenters. The van der Waals surface area contributed by atoms with E-state index in [9.17, 15) is 9.18 Å². The first-order valence-electron chi connectivity index (χ1n) is 7.02. The van der Waals surface area contributed by atoms with E-state index in [0.29, 0.717) is 11.1 Å². The zero-order chi connectivity index (χ0) is 15.5. The molecule has 0 fully saturated rings. The van der Waals surface area contributed by atoms with E-state index in [1.165, 1.54) is 6.07 Å². The maximum absolute atomic E-state index is 13.5. The van der Waals surface area contributed by atoms with Gasteiger partial charge in [0.1, 0.15) is 5.82 Å². The average molecular weight is 294 g/mol. The van der Waals surface area contributed by atoms with Crippen molar-refractivity contribution in [3.63, 3.8) is 0 Å². The van der Waals surface area contributed by atoms with Gasteiger partial charge in [-0.2, -0.15) is 0 Å². The summed E-state index contributed by atoms with van der Waals surface area (Å²) in [4.78, 5) is 16.6. The first-order chi connectivity index (χ1) is 10.6. The van der Waals surface area contributed by atoms with Crippen LogP contribution in [0.15, 0.2) is 54.7 Å². The fourth-order valence-corrected chi connectivity index (χ4v) is 2.33. The molecule has 0 aliphatic rings. The number of pyridine rings is 1. The van der Waals surface area contributed by atoms with E-state index < -0.39 is 0 Å². The standard InChI is InChI=1S/C18H15FN2O/c1-12-7-8-13(10-16(12)19)11-21-18(22)15-4-2-6-17-14(15)5-3-9-20-17/h2-10H,11H2,1H3,(H,21,22). The third-order valence-corrected chi connectivity index (χ3v) is 3.58. The number of carbonyl (C=O) groups excluding carboxylic acids is 1. The molecule has 0 radical (unpaired) electrons. The molecular weight excluding hydrogens is 279 g/mol. The number of aromatic nitrogens is 1. The number of aryl methyl sites for hydroxylation is 1. The summed E-state index contributed by atoms with van der Waals surface area (Å²) in [6.07, 6.45) is 1.69. The van der Waals surface area contributed by atoms with Crippen molar-refractivity contribution in [2.45, 2.75) is 13.5 Å². The van der Waals surface area contributed by atoms with Crippen LogP contribution in [-0.4, -0.2) is 10.9 Å². The second-order valence-corrected chi connectivity index (χ2v) is 5.14. The summed E-state index contributed by atoms with van der Waals surface area (Å²) >= 11 is 0. The lowest BCUT2D eigenvalue weighted by molar-refractivity contribution is 0.0952. The van der Waals surface area contributed by atoms with E-state index in [-0.39, 0.29) is 18.3 Å². The summed E-state index contributed by atoms with van der Waals surface area (Å²) in [5, 5.41) is 3.62. The van der Waals surface area contributed by atoms with Gasteiger partial charge in [-0.25, -0.2) is 4.39 Å². The lowest BCUT2D eigenvalue weighted by Gasteiger charge is -2.08.